The third-order valence-corrected chi connectivity index (χ3v) is 10.9. The second-order valence-corrected chi connectivity index (χ2v) is 14.2. The molecule has 1 aromatic heterocycles. The zero-order valence-electron chi connectivity index (χ0n) is 25.1. The van der Waals surface area contributed by atoms with Gasteiger partial charge in [0, 0.05) is 24.0 Å². The minimum atomic E-state index is -3.55. The first-order chi connectivity index (χ1) is 21.1. The fourth-order valence-electron chi connectivity index (χ4n) is 5.69. The van der Waals surface area contributed by atoms with Gasteiger partial charge in [-0.05, 0) is 95.9 Å². The van der Waals surface area contributed by atoms with Crippen LogP contribution >= 0.6 is 15.9 Å². The minimum absolute atomic E-state index is 0.230. The molecule has 1 N–H and O–H groups in total. The van der Waals surface area contributed by atoms with Crippen molar-refractivity contribution in [3.8, 4) is 5.75 Å². The van der Waals surface area contributed by atoms with Crippen molar-refractivity contribution in [3.05, 3.63) is 101 Å². The van der Waals surface area contributed by atoms with Crippen molar-refractivity contribution < 1.29 is 22.3 Å². The van der Waals surface area contributed by atoms with E-state index in [0.29, 0.717) is 31.0 Å². The summed E-state index contributed by atoms with van der Waals surface area (Å²) in [6.45, 7) is 7.84. The van der Waals surface area contributed by atoms with Crippen LogP contribution < -0.4 is 10.1 Å². The Morgan fingerprint density at radius 2 is 1.93 bits per heavy atom. The van der Waals surface area contributed by atoms with E-state index in [9.17, 15) is 12.8 Å². The summed E-state index contributed by atoms with van der Waals surface area (Å²) in [5, 5.41) is 3.61. The Morgan fingerprint density at radius 3 is 2.59 bits per heavy atom. The van der Waals surface area contributed by atoms with E-state index < -0.39 is 26.9 Å². The Balaban J connectivity index is 1.46. The van der Waals surface area contributed by atoms with Crippen LogP contribution in [0.1, 0.15) is 51.7 Å². The molecule has 2 heterocycles. The number of ether oxygens (including phenoxy) is 2. The van der Waals surface area contributed by atoms with Crippen LogP contribution in [0.5, 0.6) is 5.75 Å². The molecule has 2 atom stereocenters. The van der Waals surface area contributed by atoms with E-state index in [-0.39, 0.29) is 12.4 Å². The Morgan fingerprint density at radius 1 is 1.11 bits per heavy atom. The van der Waals surface area contributed by atoms with Gasteiger partial charge in [0.15, 0.2) is 5.60 Å². The maximum absolute atomic E-state index is 13.5. The average molecular weight is 684 g/mol. The Labute approximate surface area is 266 Å². The van der Waals surface area contributed by atoms with Crippen LogP contribution in [-0.4, -0.2) is 40.5 Å². The van der Waals surface area contributed by atoms with Crippen molar-refractivity contribution in [2.24, 2.45) is 0 Å². The number of sulfonamides is 1. The SMILES string of the molecule is CCC(N(CC)S(=O)(=O)C(C)C)C1(c2ccc3ncnc(Nc4ccc(OCc5cccc(F)c5)c(Br)c4)c3c2)CC=CO1. The lowest BCUT2D eigenvalue weighted by Crippen LogP contribution is -2.54. The van der Waals surface area contributed by atoms with Gasteiger partial charge < -0.3 is 14.8 Å². The van der Waals surface area contributed by atoms with E-state index in [0.717, 1.165) is 32.2 Å². The molecule has 8 nitrogen and oxygen atoms in total. The van der Waals surface area contributed by atoms with Crippen LogP contribution in [0.25, 0.3) is 10.9 Å². The highest BCUT2D eigenvalue weighted by atomic mass is 79.9. The second-order valence-electron chi connectivity index (χ2n) is 10.9. The molecule has 0 aliphatic carbocycles. The van der Waals surface area contributed by atoms with Crippen LogP contribution in [0.15, 0.2) is 83.8 Å². The Kier molecular flexibility index (Phi) is 9.57. The number of aromatic nitrogens is 2. The number of halogens is 2. The molecular formula is C33H36BrFN4O4S. The molecule has 0 fully saturated rings. The van der Waals surface area contributed by atoms with Gasteiger partial charge in [-0.25, -0.2) is 22.8 Å². The van der Waals surface area contributed by atoms with Gasteiger partial charge in [-0.3, -0.25) is 0 Å². The van der Waals surface area contributed by atoms with Crippen LogP contribution in [0, 0.1) is 5.82 Å². The third-order valence-electron chi connectivity index (χ3n) is 7.90. The van der Waals surface area contributed by atoms with E-state index >= 15 is 0 Å². The normalized spacial score (nSPS) is 17.3. The molecule has 2 unspecified atom stereocenters. The molecular weight excluding hydrogens is 647 g/mol. The van der Waals surface area contributed by atoms with Crippen LogP contribution in [-0.2, 0) is 27.0 Å². The molecule has 0 saturated heterocycles. The highest BCUT2D eigenvalue weighted by molar-refractivity contribution is 9.10. The fraction of sp³-hybridized carbons (Fsp3) is 0.333. The molecule has 5 rings (SSSR count). The Hall–Kier alpha value is -3.54. The summed E-state index contributed by atoms with van der Waals surface area (Å²) in [5.74, 6) is 0.901. The van der Waals surface area contributed by atoms with Gasteiger partial charge in [0.25, 0.3) is 0 Å². The monoisotopic (exact) mass is 682 g/mol. The summed E-state index contributed by atoms with van der Waals surface area (Å²) in [7, 11) is -3.55. The lowest BCUT2D eigenvalue weighted by atomic mass is 9.82. The summed E-state index contributed by atoms with van der Waals surface area (Å²) < 4.78 is 55.0. The molecule has 0 amide bonds. The number of likely N-dealkylation sites (N-methyl/N-ethyl adjacent to an activating group) is 1. The molecule has 0 radical (unpaired) electrons. The number of nitrogens with one attached hydrogen (secondary N) is 1. The van der Waals surface area contributed by atoms with Gasteiger partial charge in [-0.1, -0.05) is 32.0 Å². The van der Waals surface area contributed by atoms with Crippen LogP contribution in [0.2, 0.25) is 0 Å². The highest BCUT2D eigenvalue weighted by Crippen LogP contribution is 2.44. The Bertz CT molecular complexity index is 1780. The van der Waals surface area contributed by atoms with Crippen molar-refractivity contribution in [2.45, 2.75) is 64.0 Å². The van der Waals surface area contributed by atoms with Crippen molar-refractivity contribution in [1.82, 2.24) is 14.3 Å². The number of nitrogens with zero attached hydrogens (tertiary/aromatic N) is 3. The first-order valence-electron chi connectivity index (χ1n) is 14.6. The van der Waals surface area contributed by atoms with Crippen molar-refractivity contribution in [1.29, 1.82) is 0 Å². The zero-order valence-corrected chi connectivity index (χ0v) is 27.5. The van der Waals surface area contributed by atoms with Crippen molar-refractivity contribution >= 4 is 48.4 Å². The van der Waals surface area contributed by atoms with E-state index in [1.165, 1.54) is 18.5 Å². The predicted octanol–water partition coefficient (Wildman–Crippen LogP) is 7.82. The molecule has 0 spiro atoms. The molecule has 3 aromatic carbocycles. The number of hydrogen-bond acceptors (Lipinski definition) is 7. The third kappa shape index (κ3) is 6.31. The van der Waals surface area contributed by atoms with Gasteiger partial charge >= 0.3 is 0 Å². The summed E-state index contributed by atoms with van der Waals surface area (Å²) >= 11 is 3.58. The second kappa shape index (κ2) is 13.2. The smallest absolute Gasteiger partial charge is 0.216 e. The number of hydrogen-bond donors (Lipinski definition) is 1. The van der Waals surface area contributed by atoms with Gasteiger partial charge in [0.2, 0.25) is 10.0 Å². The quantitative estimate of drug-likeness (QED) is 0.163. The molecule has 0 bridgehead atoms. The molecule has 1 aliphatic rings. The standard InChI is InChI=1S/C33H36BrFN4O4S/c1-5-31(39(6-2)44(40,41)22(3)4)33(15-8-16-43-33)24-11-13-29-27(18-24)32(37-21-36-29)38-26-12-14-30(28(34)19-26)42-20-23-9-7-10-25(35)17-23/h7-14,16-19,21-22,31H,5-6,15,20H2,1-4H3,(H,36,37,38). The lowest BCUT2D eigenvalue weighted by Gasteiger charge is -2.43. The van der Waals surface area contributed by atoms with Gasteiger partial charge in [-0.2, -0.15) is 4.31 Å². The maximum atomic E-state index is 13.5. The number of benzene rings is 3. The summed E-state index contributed by atoms with van der Waals surface area (Å²) in [6, 6.07) is 17.3. The average Bonchev–Trinajstić information content (AvgIpc) is 3.50. The first kappa shape index (κ1) is 31.9. The summed E-state index contributed by atoms with van der Waals surface area (Å²) in [5.41, 5.74) is 2.17. The molecule has 4 aromatic rings. The predicted molar refractivity (Wildman–Crippen MR) is 175 cm³/mol. The maximum Gasteiger partial charge on any atom is 0.216 e. The first-order valence-corrected chi connectivity index (χ1v) is 16.9. The van der Waals surface area contributed by atoms with Crippen LogP contribution in [0.4, 0.5) is 15.9 Å². The van der Waals surface area contributed by atoms with Crippen molar-refractivity contribution in [3.63, 3.8) is 0 Å². The highest BCUT2D eigenvalue weighted by Gasteiger charge is 2.48. The van der Waals surface area contributed by atoms with Gasteiger partial charge in [0.05, 0.1) is 27.5 Å². The molecule has 1 aliphatic heterocycles. The zero-order chi connectivity index (χ0) is 31.5. The molecule has 0 saturated carbocycles. The summed E-state index contributed by atoms with van der Waals surface area (Å²) in [4.78, 5) is 9.01. The lowest BCUT2D eigenvalue weighted by molar-refractivity contribution is -0.0239. The van der Waals surface area contributed by atoms with E-state index in [4.69, 9.17) is 9.47 Å². The summed E-state index contributed by atoms with van der Waals surface area (Å²) in [6.07, 6.45) is 6.21. The van der Waals surface area contributed by atoms with E-state index in [1.807, 2.05) is 62.4 Å². The fourth-order valence-corrected chi connectivity index (χ4v) is 7.76. The van der Waals surface area contributed by atoms with Gasteiger partial charge in [0.1, 0.15) is 30.3 Å². The topological polar surface area (TPSA) is 93.7 Å². The number of fused-ring (bicyclic) bond motifs is 1. The molecule has 232 valence electrons. The molecule has 11 heteroatoms. The van der Waals surface area contributed by atoms with Crippen LogP contribution in [0.3, 0.4) is 0 Å². The van der Waals surface area contributed by atoms with Crippen molar-refractivity contribution in [2.75, 3.05) is 11.9 Å². The van der Waals surface area contributed by atoms with Gasteiger partial charge in [-0.15, -0.1) is 0 Å². The molecule has 44 heavy (non-hydrogen) atoms. The number of rotatable bonds is 12. The van der Waals surface area contributed by atoms with E-state index in [2.05, 4.69) is 31.2 Å². The largest absolute Gasteiger partial charge is 0.488 e. The van der Waals surface area contributed by atoms with E-state index in [1.54, 1.807) is 30.5 Å². The minimum Gasteiger partial charge on any atom is -0.488 e. The number of anilines is 2.